The topological polar surface area (TPSA) is 97.4 Å². The zero-order chi connectivity index (χ0) is 17.1. The van der Waals surface area contributed by atoms with Gasteiger partial charge >= 0.3 is 0 Å². The van der Waals surface area contributed by atoms with E-state index in [1.165, 1.54) is 19.1 Å². The summed E-state index contributed by atoms with van der Waals surface area (Å²) in [7, 11) is 1.61. The molecule has 1 aliphatic heterocycles. The molecular formula is C18H23N3O3. The van der Waals surface area contributed by atoms with Gasteiger partial charge in [-0.25, -0.2) is 0 Å². The summed E-state index contributed by atoms with van der Waals surface area (Å²) in [5.41, 5.74) is 7.36. The average molecular weight is 329 g/mol. The van der Waals surface area contributed by atoms with Crippen LogP contribution in [0.5, 0.6) is 11.5 Å². The van der Waals surface area contributed by atoms with Crippen LogP contribution in [0.2, 0.25) is 0 Å². The molecule has 1 aliphatic carbocycles. The van der Waals surface area contributed by atoms with Crippen molar-refractivity contribution in [2.75, 3.05) is 7.11 Å². The monoisotopic (exact) mass is 329 g/mol. The summed E-state index contributed by atoms with van der Waals surface area (Å²) < 4.78 is 11.5. The number of hydrogen-bond donors (Lipinski definition) is 3. The lowest BCUT2D eigenvalue weighted by molar-refractivity contribution is -0.121. The summed E-state index contributed by atoms with van der Waals surface area (Å²) >= 11 is 0. The van der Waals surface area contributed by atoms with Gasteiger partial charge in [-0.15, -0.1) is 0 Å². The molecule has 6 heteroatoms. The Labute approximate surface area is 141 Å². The Hall–Kier alpha value is -2.50. The van der Waals surface area contributed by atoms with E-state index in [-0.39, 0.29) is 30.2 Å². The number of methoxy groups -OCH3 is 1. The Bertz CT molecular complexity index is 678. The molecular weight excluding hydrogens is 306 g/mol. The first-order chi connectivity index (χ1) is 11.6. The minimum absolute atomic E-state index is 0.145. The van der Waals surface area contributed by atoms with Crippen LogP contribution in [-0.4, -0.2) is 25.3 Å². The number of carbonyl (C=O) groups excluding carboxylic acids is 1. The summed E-state index contributed by atoms with van der Waals surface area (Å²) in [5.74, 6) is 1.23. The molecule has 1 amide bonds. The molecule has 24 heavy (non-hydrogen) atoms. The molecule has 4 N–H and O–H groups in total. The molecule has 0 bridgehead atoms. The third-order valence-electron chi connectivity index (χ3n) is 4.69. The Balaban J connectivity index is 1.89. The van der Waals surface area contributed by atoms with Crippen LogP contribution in [0.3, 0.4) is 0 Å². The van der Waals surface area contributed by atoms with Crippen LogP contribution in [0.1, 0.15) is 43.6 Å². The van der Waals surface area contributed by atoms with Crippen LogP contribution in [0, 0.1) is 5.41 Å². The van der Waals surface area contributed by atoms with Crippen LogP contribution in [0.4, 0.5) is 0 Å². The van der Waals surface area contributed by atoms with Gasteiger partial charge in [0.05, 0.1) is 13.2 Å². The van der Waals surface area contributed by atoms with Crippen molar-refractivity contribution in [3.8, 4) is 11.5 Å². The van der Waals surface area contributed by atoms with Gasteiger partial charge in [0.1, 0.15) is 5.82 Å². The van der Waals surface area contributed by atoms with Crippen LogP contribution in [-0.2, 0) is 4.79 Å². The van der Waals surface area contributed by atoms with Crippen LogP contribution >= 0.6 is 0 Å². The number of nitrogens with one attached hydrogen (secondary N) is 2. The molecule has 1 unspecified atom stereocenters. The predicted molar refractivity (Wildman–Crippen MR) is 91.4 cm³/mol. The van der Waals surface area contributed by atoms with Crippen molar-refractivity contribution in [3.63, 3.8) is 0 Å². The smallest absolute Gasteiger partial charge is 0.226 e. The van der Waals surface area contributed by atoms with Crippen molar-refractivity contribution in [1.29, 1.82) is 5.41 Å². The third-order valence-corrected chi connectivity index (χ3v) is 4.69. The first kappa shape index (κ1) is 16.4. The summed E-state index contributed by atoms with van der Waals surface area (Å²) in [5, 5.41) is 10.2. The first-order valence-electron chi connectivity index (χ1n) is 8.27. The number of rotatable bonds is 5. The van der Waals surface area contributed by atoms with E-state index in [1.54, 1.807) is 7.11 Å². The molecule has 1 saturated carbocycles. The number of benzene rings is 1. The number of amides is 1. The predicted octanol–water partition coefficient (Wildman–Crippen LogP) is 2.44. The van der Waals surface area contributed by atoms with Gasteiger partial charge in [0.15, 0.2) is 11.5 Å². The molecule has 0 spiro atoms. The van der Waals surface area contributed by atoms with Gasteiger partial charge in [-0.1, -0.05) is 6.07 Å². The number of carbonyl (C=O) groups is 1. The fraction of sp³-hybridized carbons (Fsp3) is 0.444. The number of nitrogens with two attached hydrogens (primary N) is 1. The largest absolute Gasteiger partial charge is 0.493 e. The normalized spacial score (nSPS) is 21.5. The maximum absolute atomic E-state index is 11.8. The fourth-order valence-electron chi connectivity index (χ4n) is 3.42. The Morgan fingerprint density at radius 1 is 1.29 bits per heavy atom. The molecule has 3 rings (SSSR count). The average Bonchev–Trinajstić information content (AvgIpc) is 3.07. The number of ether oxygens (including phenoxy) is 2. The minimum atomic E-state index is -0.245. The highest BCUT2D eigenvalue weighted by Crippen LogP contribution is 2.37. The molecule has 1 atom stereocenters. The van der Waals surface area contributed by atoms with E-state index in [2.05, 4.69) is 5.32 Å². The van der Waals surface area contributed by atoms with E-state index in [9.17, 15) is 4.79 Å². The molecule has 0 saturated heterocycles. The summed E-state index contributed by atoms with van der Waals surface area (Å²) in [6.45, 7) is 0. The Kier molecular flexibility index (Phi) is 4.74. The van der Waals surface area contributed by atoms with E-state index in [0.29, 0.717) is 11.3 Å². The number of allylic oxidation sites excluding steroid dienone is 1. The summed E-state index contributed by atoms with van der Waals surface area (Å²) in [4.78, 5) is 11.8. The maximum atomic E-state index is 11.8. The fourth-order valence-corrected chi connectivity index (χ4v) is 3.42. The molecule has 1 aromatic rings. The van der Waals surface area contributed by atoms with Gasteiger partial charge in [-0.2, -0.15) is 0 Å². The SMILES string of the molecule is COc1cc(C2CC(=O)NC(N)=C2C=N)ccc1OC1CCCC1. The minimum Gasteiger partial charge on any atom is -0.493 e. The second kappa shape index (κ2) is 6.95. The van der Waals surface area contributed by atoms with E-state index in [1.807, 2.05) is 18.2 Å². The molecule has 1 heterocycles. The van der Waals surface area contributed by atoms with Crippen LogP contribution in [0.25, 0.3) is 0 Å². The molecule has 0 aromatic heterocycles. The van der Waals surface area contributed by atoms with Gasteiger partial charge < -0.3 is 25.9 Å². The lowest BCUT2D eigenvalue weighted by Gasteiger charge is -2.26. The van der Waals surface area contributed by atoms with Crippen molar-refractivity contribution >= 4 is 12.1 Å². The molecule has 0 radical (unpaired) electrons. The van der Waals surface area contributed by atoms with Crippen molar-refractivity contribution < 1.29 is 14.3 Å². The van der Waals surface area contributed by atoms with E-state index < -0.39 is 0 Å². The first-order valence-corrected chi connectivity index (χ1v) is 8.27. The van der Waals surface area contributed by atoms with Crippen LogP contribution < -0.4 is 20.5 Å². The quantitative estimate of drug-likeness (QED) is 0.723. The van der Waals surface area contributed by atoms with Crippen LogP contribution in [0.15, 0.2) is 29.6 Å². The molecule has 128 valence electrons. The molecule has 6 nitrogen and oxygen atoms in total. The number of hydrogen-bond acceptors (Lipinski definition) is 5. The van der Waals surface area contributed by atoms with Gasteiger partial charge in [0.25, 0.3) is 0 Å². The van der Waals surface area contributed by atoms with Gasteiger partial charge in [0.2, 0.25) is 5.91 Å². The van der Waals surface area contributed by atoms with Gasteiger partial charge in [-0.3, -0.25) is 4.79 Å². The maximum Gasteiger partial charge on any atom is 0.226 e. The van der Waals surface area contributed by atoms with Crippen molar-refractivity contribution in [2.24, 2.45) is 5.73 Å². The van der Waals surface area contributed by atoms with Crippen molar-refractivity contribution in [1.82, 2.24) is 5.32 Å². The van der Waals surface area contributed by atoms with E-state index >= 15 is 0 Å². The van der Waals surface area contributed by atoms with Gasteiger partial charge in [-0.05, 0) is 43.4 Å². The summed E-state index contributed by atoms with van der Waals surface area (Å²) in [6.07, 6.45) is 6.27. The summed E-state index contributed by atoms with van der Waals surface area (Å²) in [6, 6.07) is 5.69. The Morgan fingerprint density at radius 3 is 2.71 bits per heavy atom. The molecule has 2 aliphatic rings. The molecule has 1 aromatic carbocycles. The second-order valence-electron chi connectivity index (χ2n) is 6.25. The highest BCUT2D eigenvalue weighted by atomic mass is 16.5. The zero-order valence-corrected chi connectivity index (χ0v) is 13.8. The highest BCUT2D eigenvalue weighted by molar-refractivity contribution is 5.89. The Morgan fingerprint density at radius 2 is 2.04 bits per heavy atom. The third kappa shape index (κ3) is 3.22. The van der Waals surface area contributed by atoms with Crippen molar-refractivity contribution in [3.05, 3.63) is 35.2 Å². The lowest BCUT2D eigenvalue weighted by atomic mass is 9.86. The lowest BCUT2D eigenvalue weighted by Crippen LogP contribution is -2.36. The highest BCUT2D eigenvalue weighted by Gasteiger charge is 2.28. The van der Waals surface area contributed by atoms with Crippen molar-refractivity contribution in [2.45, 2.75) is 44.1 Å². The van der Waals surface area contributed by atoms with E-state index in [4.69, 9.17) is 20.6 Å². The standard InChI is InChI=1S/C18H23N3O3/c1-23-16-8-11(6-7-15(16)24-12-4-2-3-5-12)13-9-17(22)21-18(20)14(13)10-19/h6-8,10,12-13,19H,2-5,9,20H2,1H3,(H,21,22). The molecule has 1 fully saturated rings. The van der Waals surface area contributed by atoms with E-state index in [0.717, 1.165) is 24.2 Å². The van der Waals surface area contributed by atoms with Gasteiger partial charge in [0, 0.05) is 24.1 Å². The zero-order valence-electron chi connectivity index (χ0n) is 13.8. The second-order valence-corrected chi connectivity index (χ2v) is 6.25.